The van der Waals surface area contributed by atoms with Crippen LogP contribution in [0.15, 0.2) is 12.4 Å². The number of nitrogens with zero attached hydrogens (tertiary/aromatic N) is 3. The Labute approximate surface area is 81.9 Å². The molecule has 14 heavy (non-hydrogen) atoms. The minimum atomic E-state index is -0.769. The largest absolute Gasteiger partial charge is 0.465 e. The first-order chi connectivity index (χ1) is 6.80. The SMILES string of the molecule is O=C(O)N1CCCCC1.c1c[nH]nn1. The Hall–Kier alpha value is -1.59. The van der Waals surface area contributed by atoms with Gasteiger partial charge in [-0.15, -0.1) is 5.10 Å². The summed E-state index contributed by atoms with van der Waals surface area (Å²) >= 11 is 0. The van der Waals surface area contributed by atoms with Crippen LogP contribution in [0.5, 0.6) is 0 Å². The number of likely N-dealkylation sites (tertiary alicyclic amines) is 1. The van der Waals surface area contributed by atoms with Crippen LogP contribution >= 0.6 is 0 Å². The van der Waals surface area contributed by atoms with E-state index in [1.165, 1.54) is 11.3 Å². The van der Waals surface area contributed by atoms with Gasteiger partial charge in [0.2, 0.25) is 0 Å². The highest BCUT2D eigenvalue weighted by molar-refractivity contribution is 5.64. The van der Waals surface area contributed by atoms with Crippen molar-refractivity contribution in [2.45, 2.75) is 19.3 Å². The standard InChI is InChI=1S/C6H11NO2.C2H3N3/c8-6(9)7-4-2-1-3-5-7;1-2-4-5-3-1/h1-5H2,(H,8,9);1-2H,(H,3,4,5). The van der Waals surface area contributed by atoms with Crippen LogP contribution in [0.25, 0.3) is 0 Å². The average Bonchev–Trinajstić information content (AvgIpc) is 2.77. The van der Waals surface area contributed by atoms with E-state index >= 15 is 0 Å². The highest BCUT2D eigenvalue weighted by Crippen LogP contribution is 2.07. The molecule has 1 aliphatic rings. The molecule has 1 amide bonds. The minimum absolute atomic E-state index is 0.731. The number of rotatable bonds is 0. The molecule has 0 bridgehead atoms. The number of carboxylic acid groups (broad SMARTS) is 1. The Bertz CT molecular complexity index is 227. The van der Waals surface area contributed by atoms with Gasteiger partial charge in [-0.25, -0.2) is 4.79 Å². The van der Waals surface area contributed by atoms with Crippen LogP contribution in [0.2, 0.25) is 0 Å². The quantitative estimate of drug-likeness (QED) is 0.650. The Morgan fingerprint density at radius 3 is 2.36 bits per heavy atom. The summed E-state index contributed by atoms with van der Waals surface area (Å²) in [7, 11) is 0. The van der Waals surface area contributed by atoms with Gasteiger partial charge in [0.25, 0.3) is 0 Å². The van der Waals surface area contributed by atoms with Gasteiger partial charge in [-0.1, -0.05) is 5.21 Å². The summed E-state index contributed by atoms with van der Waals surface area (Å²) in [6.07, 6.45) is 5.72. The van der Waals surface area contributed by atoms with Gasteiger partial charge in [-0.2, -0.15) is 0 Å². The topological polar surface area (TPSA) is 82.1 Å². The lowest BCUT2D eigenvalue weighted by atomic mass is 10.1. The normalized spacial score (nSPS) is 15.6. The van der Waals surface area contributed by atoms with Crippen LogP contribution in [-0.2, 0) is 0 Å². The molecule has 2 N–H and O–H groups in total. The Morgan fingerprint density at radius 2 is 2.07 bits per heavy atom. The van der Waals surface area contributed by atoms with Gasteiger partial charge in [0.1, 0.15) is 0 Å². The maximum absolute atomic E-state index is 10.3. The summed E-state index contributed by atoms with van der Waals surface area (Å²) in [6.45, 7) is 1.46. The lowest BCUT2D eigenvalue weighted by Crippen LogP contribution is -2.34. The summed E-state index contributed by atoms with van der Waals surface area (Å²) in [6, 6.07) is 0. The second-order valence-electron chi connectivity index (χ2n) is 2.99. The van der Waals surface area contributed by atoms with Crippen LogP contribution in [0.3, 0.4) is 0 Å². The van der Waals surface area contributed by atoms with Gasteiger partial charge in [0.05, 0.1) is 6.20 Å². The summed E-state index contributed by atoms with van der Waals surface area (Å²) in [5.74, 6) is 0. The molecule has 1 aliphatic heterocycles. The molecule has 1 saturated heterocycles. The number of hydrogen-bond donors (Lipinski definition) is 2. The molecule has 1 aromatic rings. The molecule has 0 unspecified atom stereocenters. The smallest absolute Gasteiger partial charge is 0.407 e. The van der Waals surface area contributed by atoms with Crippen molar-refractivity contribution < 1.29 is 9.90 Å². The Morgan fingerprint density at radius 1 is 1.36 bits per heavy atom. The molecular formula is C8H14N4O2. The van der Waals surface area contributed by atoms with Crippen molar-refractivity contribution in [3.05, 3.63) is 12.4 Å². The van der Waals surface area contributed by atoms with Gasteiger partial charge in [0.15, 0.2) is 0 Å². The van der Waals surface area contributed by atoms with Gasteiger partial charge < -0.3 is 10.0 Å². The van der Waals surface area contributed by atoms with Crippen molar-refractivity contribution in [1.29, 1.82) is 0 Å². The number of carbonyl (C=O) groups is 1. The second kappa shape index (κ2) is 5.95. The van der Waals surface area contributed by atoms with Gasteiger partial charge in [-0.3, -0.25) is 5.10 Å². The zero-order chi connectivity index (χ0) is 10.2. The fourth-order valence-corrected chi connectivity index (χ4v) is 1.25. The summed E-state index contributed by atoms with van der Waals surface area (Å²) in [5, 5.41) is 17.7. The van der Waals surface area contributed by atoms with E-state index in [9.17, 15) is 4.79 Å². The first kappa shape index (κ1) is 10.5. The number of nitrogens with one attached hydrogen (secondary N) is 1. The fourth-order valence-electron chi connectivity index (χ4n) is 1.25. The first-order valence-corrected chi connectivity index (χ1v) is 4.59. The van der Waals surface area contributed by atoms with Crippen LogP contribution < -0.4 is 0 Å². The van der Waals surface area contributed by atoms with Crippen molar-refractivity contribution >= 4 is 6.09 Å². The van der Waals surface area contributed by atoms with E-state index in [0.29, 0.717) is 0 Å². The maximum Gasteiger partial charge on any atom is 0.407 e. The number of H-pyrrole nitrogens is 1. The van der Waals surface area contributed by atoms with Crippen LogP contribution in [0.4, 0.5) is 4.79 Å². The molecule has 0 atom stereocenters. The van der Waals surface area contributed by atoms with E-state index < -0.39 is 6.09 Å². The molecule has 0 spiro atoms. The molecule has 2 rings (SSSR count). The van der Waals surface area contributed by atoms with E-state index in [2.05, 4.69) is 15.4 Å². The number of aromatic amines is 1. The molecule has 0 aromatic carbocycles. The first-order valence-electron chi connectivity index (χ1n) is 4.59. The molecule has 6 nitrogen and oxygen atoms in total. The highest BCUT2D eigenvalue weighted by Gasteiger charge is 2.13. The van der Waals surface area contributed by atoms with E-state index in [-0.39, 0.29) is 0 Å². The van der Waals surface area contributed by atoms with Crippen LogP contribution in [-0.4, -0.2) is 44.6 Å². The van der Waals surface area contributed by atoms with Crippen molar-refractivity contribution in [1.82, 2.24) is 20.3 Å². The van der Waals surface area contributed by atoms with Crippen LogP contribution in [0.1, 0.15) is 19.3 Å². The Balaban J connectivity index is 0.000000165. The number of amides is 1. The molecule has 0 aliphatic carbocycles. The third-order valence-corrected chi connectivity index (χ3v) is 1.96. The van der Waals surface area contributed by atoms with E-state index in [1.807, 2.05) is 0 Å². The van der Waals surface area contributed by atoms with E-state index in [0.717, 1.165) is 25.9 Å². The zero-order valence-electron chi connectivity index (χ0n) is 7.89. The summed E-state index contributed by atoms with van der Waals surface area (Å²) < 4.78 is 0. The molecule has 1 aromatic heterocycles. The molecular weight excluding hydrogens is 184 g/mol. The van der Waals surface area contributed by atoms with Crippen molar-refractivity contribution in [2.75, 3.05) is 13.1 Å². The lowest BCUT2D eigenvalue weighted by molar-refractivity contribution is 0.136. The lowest BCUT2D eigenvalue weighted by Gasteiger charge is -2.22. The number of aromatic nitrogens is 3. The predicted octanol–water partition coefficient (Wildman–Crippen LogP) is 0.955. The summed E-state index contributed by atoms with van der Waals surface area (Å²) in [5.41, 5.74) is 0. The van der Waals surface area contributed by atoms with Crippen molar-refractivity contribution in [3.8, 4) is 0 Å². The molecule has 78 valence electrons. The zero-order valence-corrected chi connectivity index (χ0v) is 7.89. The monoisotopic (exact) mass is 198 g/mol. The molecule has 1 fully saturated rings. The Kier molecular flexibility index (Phi) is 4.46. The highest BCUT2D eigenvalue weighted by atomic mass is 16.4. The third kappa shape index (κ3) is 3.88. The van der Waals surface area contributed by atoms with E-state index in [4.69, 9.17) is 5.11 Å². The van der Waals surface area contributed by atoms with Crippen molar-refractivity contribution in [2.24, 2.45) is 0 Å². The van der Waals surface area contributed by atoms with Crippen LogP contribution in [0, 0.1) is 0 Å². The van der Waals surface area contributed by atoms with Gasteiger partial charge >= 0.3 is 6.09 Å². The number of hydrogen-bond acceptors (Lipinski definition) is 3. The fraction of sp³-hybridized carbons (Fsp3) is 0.625. The van der Waals surface area contributed by atoms with Gasteiger partial charge in [-0.05, 0) is 19.3 Å². The molecule has 6 heteroatoms. The molecule has 2 heterocycles. The van der Waals surface area contributed by atoms with E-state index in [1.54, 1.807) is 12.4 Å². The second-order valence-corrected chi connectivity index (χ2v) is 2.99. The molecule has 0 saturated carbocycles. The molecule has 0 radical (unpaired) electrons. The predicted molar refractivity (Wildman–Crippen MR) is 49.8 cm³/mol. The minimum Gasteiger partial charge on any atom is -0.465 e. The average molecular weight is 198 g/mol. The summed E-state index contributed by atoms with van der Waals surface area (Å²) in [4.78, 5) is 11.8. The number of piperidine rings is 1. The van der Waals surface area contributed by atoms with Crippen molar-refractivity contribution in [3.63, 3.8) is 0 Å². The van der Waals surface area contributed by atoms with Gasteiger partial charge in [0, 0.05) is 19.3 Å². The maximum atomic E-state index is 10.3. The third-order valence-electron chi connectivity index (χ3n) is 1.96.